The van der Waals surface area contributed by atoms with Crippen molar-refractivity contribution < 1.29 is 13.9 Å². The van der Waals surface area contributed by atoms with E-state index in [2.05, 4.69) is 24.8 Å². The van der Waals surface area contributed by atoms with Crippen LogP contribution in [-0.2, 0) is 18.5 Å². The molecule has 0 unspecified atom stereocenters. The molecular formula is C26H31FN8O2. The predicted octanol–water partition coefficient (Wildman–Crippen LogP) is 2.87. The molecule has 0 spiro atoms. The van der Waals surface area contributed by atoms with Crippen LogP contribution >= 0.6 is 0 Å². The molecule has 2 aliphatic heterocycles. The Morgan fingerprint density at radius 3 is 2.70 bits per heavy atom. The molecule has 5 rings (SSSR count). The van der Waals surface area contributed by atoms with Crippen LogP contribution in [0.4, 0.5) is 4.39 Å². The number of nitriles is 1. The number of carbonyl (C=O) groups excluding carboxylic acids is 1. The highest BCUT2D eigenvalue weighted by Gasteiger charge is 2.33. The smallest absolute Gasteiger partial charge is 0.239 e. The van der Waals surface area contributed by atoms with Crippen LogP contribution in [0.25, 0.3) is 22.4 Å². The second kappa shape index (κ2) is 10.8. The van der Waals surface area contributed by atoms with Crippen LogP contribution in [0.1, 0.15) is 43.5 Å². The fraction of sp³-hybridized carbons (Fsp3) is 0.538. The standard InChI is InChI=1S/C26H31FN8O2/c1-33-8-3-4-20(33)26(36)35-9-5-17(6-10-35)7-11-37-25-18(13-27)12-19(15-29-25)22-23-24(34(2)16-30-23)32-21(14-28)31-22/h12,15-17,20H,3-11,13H2,1-2H3/t20-/m0/s1. The molecule has 1 atom stereocenters. The summed E-state index contributed by atoms with van der Waals surface area (Å²) in [5.41, 5.74) is 2.34. The van der Waals surface area contributed by atoms with Crippen LogP contribution in [-0.4, -0.2) is 79.5 Å². The van der Waals surface area contributed by atoms with Crippen molar-refractivity contribution in [3.05, 3.63) is 30.0 Å². The molecule has 3 aromatic heterocycles. The molecule has 11 heteroatoms. The molecule has 10 nitrogen and oxygen atoms in total. The van der Waals surface area contributed by atoms with Gasteiger partial charge in [0, 0.05) is 37.5 Å². The van der Waals surface area contributed by atoms with E-state index in [1.165, 1.54) is 0 Å². The van der Waals surface area contributed by atoms with Gasteiger partial charge < -0.3 is 14.2 Å². The Hall–Kier alpha value is -3.65. The molecule has 2 saturated heterocycles. The van der Waals surface area contributed by atoms with Crippen LogP contribution in [0.3, 0.4) is 0 Å². The lowest BCUT2D eigenvalue weighted by Gasteiger charge is -2.34. The summed E-state index contributed by atoms with van der Waals surface area (Å²) >= 11 is 0. The van der Waals surface area contributed by atoms with E-state index >= 15 is 0 Å². The molecule has 37 heavy (non-hydrogen) atoms. The highest BCUT2D eigenvalue weighted by Crippen LogP contribution is 2.29. The number of aromatic nitrogens is 5. The minimum Gasteiger partial charge on any atom is -0.477 e. The van der Waals surface area contributed by atoms with Gasteiger partial charge in [0.15, 0.2) is 5.65 Å². The van der Waals surface area contributed by atoms with Gasteiger partial charge in [-0.3, -0.25) is 9.69 Å². The monoisotopic (exact) mass is 506 g/mol. The van der Waals surface area contributed by atoms with Crippen molar-refractivity contribution >= 4 is 17.1 Å². The number of imidazole rings is 1. The topological polar surface area (TPSA) is 113 Å². The van der Waals surface area contributed by atoms with E-state index in [-0.39, 0.29) is 23.7 Å². The van der Waals surface area contributed by atoms with Gasteiger partial charge in [0.1, 0.15) is 24.0 Å². The van der Waals surface area contributed by atoms with Crippen molar-refractivity contribution in [3.8, 4) is 23.2 Å². The third-order valence-electron chi connectivity index (χ3n) is 7.50. The Morgan fingerprint density at radius 1 is 1.19 bits per heavy atom. The second-order valence-corrected chi connectivity index (χ2v) is 9.90. The van der Waals surface area contributed by atoms with E-state index in [1.54, 1.807) is 30.2 Å². The van der Waals surface area contributed by atoms with Crippen molar-refractivity contribution in [1.82, 2.24) is 34.3 Å². The molecule has 0 aromatic carbocycles. The second-order valence-electron chi connectivity index (χ2n) is 9.90. The molecule has 2 fully saturated rings. The maximum absolute atomic E-state index is 13.9. The molecule has 0 saturated carbocycles. The van der Waals surface area contributed by atoms with E-state index in [9.17, 15) is 14.4 Å². The average molecular weight is 507 g/mol. The van der Waals surface area contributed by atoms with Gasteiger partial charge >= 0.3 is 0 Å². The number of fused-ring (bicyclic) bond motifs is 1. The number of likely N-dealkylation sites (tertiary alicyclic amines) is 2. The first-order valence-corrected chi connectivity index (χ1v) is 12.7. The summed E-state index contributed by atoms with van der Waals surface area (Å²) in [5, 5.41) is 9.33. The van der Waals surface area contributed by atoms with Gasteiger partial charge in [-0.25, -0.2) is 19.3 Å². The lowest BCUT2D eigenvalue weighted by Crippen LogP contribution is -2.47. The zero-order chi connectivity index (χ0) is 25.9. The molecule has 5 heterocycles. The van der Waals surface area contributed by atoms with Gasteiger partial charge in [-0.2, -0.15) is 10.2 Å². The zero-order valence-electron chi connectivity index (χ0n) is 21.2. The summed E-state index contributed by atoms with van der Waals surface area (Å²) in [7, 11) is 3.81. The van der Waals surface area contributed by atoms with Crippen LogP contribution in [0, 0.1) is 17.2 Å². The highest BCUT2D eigenvalue weighted by molar-refractivity contribution is 5.87. The SMILES string of the molecule is CN1CCC[C@H]1C(=O)N1CCC(CCOc2ncc(-c3nc(C#N)nc4c3ncn4C)cc2CF)CC1. The van der Waals surface area contributed by atoms with E-state index in [0.717, 1.165) is 51.7 Å². The van der Waals surface area contributed by atoms with Crippen molar-refractivity contribution in [3.63, 3.8) is 0 Å². The number of halogens is 1. The lowest BCUT2D eigenvalue weighted by molar-refractivity contribution is -0.137. The Kier molecular flexibility index (Phi) is 7.28. The Balaban J connectivity index is 1.20. The minimum atomic E-state index is -0.742. The number of hydrogen-bond acceptors (Lipinski definition) is 8. The number of pyridine rings is 1. The number of nitrogens with zero attached hydrogens (tertiary/aromatic N) is 8. The summed E-state index contributed by atoms with van der Waals surface area (Å²) in [6.07, 6.45) is 7.92. The fourth-order valence-electron chi connectivity index (χ4n) is 5.31. The fourth-order valence-corrected chi connectivity index (χ4v) is 5.31. The van der Waals surface area contributed by atoms with Gasteiger partial charge in [-0.15, -0.1) is 0 Å². The number of ether oxygens (including phenoxy) is 1. The molecule has 0 aliphatic carbocycles. The molecule has 2 aliphatic rings. The number of piperidine rings is 1. The van der Waals surface area contributed by atoms with Crippen molar-refractivity contribution in [2.75, 3.05) is 33.3 Å². The quantitative estimate of drug-likeness (QED) is 0.481. The molecule has 0 N–H and O–H groups in total. The van der Waals surface area contributed by atoms with E-state index in [4.69, 9.17) is 4.74 Å². The van der Waals surface area contributed by atoms with E-state index < -0.39 is 6.67 Å². The summed E-state index contributed by atoms with van der Waals surface area (Å²) in [4.78, 5) is 34.2. The first kappa shape index (κ1) is 25.0. The van der Waals surface area contributed by atoms with Crippen molar-refractivity contribution in [2.45, 2.75) is 44.8 Å². The average Bonchev–Trinajstić information content (AvgIpc) is 3.53. The number of aryl methyl sites for hydroxylation is 1. The van der Waals surface area contributed by atoms with Crippen molar-refractivity contribution in [2.24, 2.45) is 13.0 Å². The Bertz CT molecular complexity index is 1330. The van der Waals surface area contributed by atoms with Crippen LogP contribution in [0.15, 0.2) is 18.6 Å². The molecule has 3 aromatic rings. The van der Waals surface area contributed by atoms with Gasteiger partial charge in [-0.05, 0) is 57.7 Å². The highest BCUT2D eigenvalue weighted by atomic mass is 19.1. The van der Waals surface area contributed by atoms with E-state index in [1.807, 2.05) is 18.0 Å². The van der Waals surface area contributed by atoms with Crippen LogP contribution < -0.4 is 4.74 Å². The van der Waals surface area contributed by atoms with Gasteiger partial charge in [0.2, 0.25) is 17.6 Å². The number of carbonyl (C=O) groups is 1. The number of rotatable bonds is 7. The molecule has 0 radical (unpaired) electrons. The first-order chi connectivity index (χ1) is 18.0. The lowest BCUT2D eigenvalue weighted by atomic mass is 9.93. The Labute approximate surface area is 215 Å². The Morgan fingerprint density at radius 2 is 2.00 bits per heavy atom. The summed E-state index contributed by atoms with van der Waals surface area (Å²) in [6, 6.07) is 3.64. The summed E-state index contributed by atoms with van der Waals surface area (Å²) in [5.74, 6) is 0.993. The largest absolute Gasteiger partial charge is 0.477 e. The van der Waals surface area contributed by atoms with Crippen molar-refractivity contribution in [1.29, 1.82) is 5.26 Å². The first-order valence-electron chi connectivity index (χ1n) is 12.7. The molecular weight excluding hydrogens is 475 g/mol. The third kappa shape index (κ3) is 5.11. The third-order valence-corrected chi connectivity index (χ3v) is 7.50. The molecule has 1 amide bonds. The summed E-state index contributed by atoms with van der Waals surface area (Å²) in [6.45, 7) is 2.24. The van der Waals surface area contributed by atoms with Gasteiger partial charge in [-0.1, -0.05) is 0 Å². The van der Waals surface area contributed by atoms with Gasteiger partial charge in [0.05, 0.1) is 19.0 Å². The number of amides is 1. The summed E-state index contributed by atoms with van der Waals surface area (Å²) < 4.78 is 21.5. The molecule has 0 bridgehead atoms. The maximum atomic E-state index is 13.9. The minimum absolute atomic E-state index is 0.0104. The van der Waals surface area contributed by atoms with E-state index in [0.29, 0.717) is 40.5 Å². The maximum Gasteiger partial charge on any atom is 0.239 e. The van der Waals surface area contributed by atoms with Crippen LogP contribution in [0.5, 0.6) is 5.88 Å². The number of alkyl halides is 1. The number of hydrogen-bond donors (Lipinski definition) is 0. The molecule has 194 valence electrons. The van der Waals surface area contributed by atoms with Crippen LogP contribution in [0.2, 0.25) is 0 Å². The van der Waals surface area contributed by atoms with Gasteiger partial charge in [0.25, 0.3) is 0 Å². The number of likely N-dealkylation sites (N-methyl/N-ethyl adjacent to an activating group) is 1. The predicted molar refractivity (Wildman–Crippen MR) is 134 cm³/mol. The zero-order valence-corrected chi connectivity index (χ0v) is 21.2. The normalized spacial score (nSPS) is 18.9.